The predicted molar refractivity (Wildman–Crippen MR) is 71.5 cm³/mol. The van der Waals surface area contributed by atoms with Crippen molar-refractivity contribution in [2.24, 2.45) is 5.92 Å². The molecular formula is C15H18O7. The number of hydrogen-bond donors (Lipinski definition) is 0. The maximum absolute atomic E-state index is 12.1. The molecule has 7 heteroatoms. The van der Waals surface area contributed by atoms with Crippen LogP contribution in [0, 0.1) is 5.92 Å². The van der Waals surface area contributed by atoms with Crippen LogP contribution in [0.15, 0.2) is 12.7 Å². The SMILES string of the molecule is C=CC(=O)OC(C)(C)CC(=O)OC1C2CC3C(=O)OC1C3O2. The molecule has 0 radical (unpaired) electrons. The fourth-order valence-corrected chi connectivity index (χ4v) is 3.27. The number of fused-ring (bicyclic) bond motifs is 1. The van der Waals surface area contributed by atoms with Crippen molar-refractivity contribution < 1.29 is 33.3 Å². The molecule has 5 unspecified atom stereocenters. The monoisotopic (exact) mass is 310 g/mol. The first kappa shape index (κ1) is 15.0. The zero-order valence-electron chi connectivity index (χ0n) is 12.4. The van der Waals surface area contributed by atoms with Crippen molar-refractivity contribution in [3.63, 3.8) is 0 Å². The summed E-state index contributed by atoms with van der Waals surface area (Å²) in [6.07, 6.45) is -0.243. The van der Waals surface area contributed by atoms with Gasteiger partial charge in [0.15, 0.2) is 12.2 Å². The van der Waals surface area contributed by atoms with E-state index in [2.05, 4.69) is 6.58 Å². The molecule has 0 amide bonds. The third kappa shape index (κ3) is 2.49. The predicted octanol–water partition coefficient (Wildman–Crippen LogP) is 0.509. The van der Waals surface area contributed by atoms with Crippen LogP contribution in [-0.2, 0) is 33.3 Å². The molecular weight excluding hydrogens is 292 g/mol. The summed E-state index contributed by atoms with van der Waals surface area (Å²) in [6.45, 7) is 6.53. The lowest BCUT2D eigenvalue weighted by molar-refractivity contribution is -0.168. The number of hydrogen-bond acceptors (Lipinski definition) is 7. The third-order valence-corrected chi connectivity index (χ3v) is 4.16. The van der Waals surface area contributed by atoms with Crippen molar-refractivity contribution in [1.29, 1.82) is 0 Å². The third-order valence-electron chi connectivity index (χ3n) is 4.16. The largest absolute Gasteiger partial charge is 0.456 e. The number of rotatable bonds is 5. The summed E-state index contributed by atoms with van der Waals surface area (Å²) in [5.41, 5.74) is -1.00. The minimum Gasteiger partial charge on any atom is -0.456 e. The second-order valence-corrected chi connectivity index (χ2v) is 6.40. The van der Waals surface area contributed by atoms with E-state index < -0.39 is 29.7 Å². The lowest BCUT2D eigenvalue weighted by atomic mass is 9.88. The van der Waals surface area contributed by atoms with Gasteiger partial charge >= 0.3 is 17.9 Å². The highest BCUT2D eigenvalue weighted by molar-refractivity contribution is 5.82. The number of carbonyl (C=O) groups excluding carboxylic acids is 3. The Balaban J connectivity index is 1.58. The highest BCUT2D eigenvalue weighted by Gasteiger charge is 2.65. The first-order valence-electron chi connectivity index (χ1n) is 7.21. The van der Waals surface area contributed by atoms with Crippen LogP contribution in [-0.4, -0.2) is 47.9 Å². The Morgan fingerprint density at radius 3 is 2.82 bits per heavy atom. The van der Waals surface area contributed by atoms with E-state index >= 15 is 0 Å². The van der Waals surface area contributed by atoms with E-state index in [1.165, 1.54) is 0 Å². The van der Waals surface area contributed by atoms with Crippen molar-refractivity contribution in [1.82, 2.24) is 0 Å². The average Bonchev–Trinajstić information content (AvgIpc) is 3.02. The maximum Gasteiger partial charge on any atom is 0.330 e. The van der Waals surface area contributed by atoms with Crippen LogP contribution in [0.3, 0.4) is 0 Å². The Bertz CT molecular complexity index is 538. The van der Waals surface area contributed by atoms with E-state index in [9.17, 15) is 14.4 Å². The molecule has 0 aliphatic carbocycles. The molecule has 0 aromatic carbocycles. The van der Waals surface area contributed by atoms with Gasteiger partial charge in [0.25, 0.3) is 0 Å². The van der Waals surface area contributed by atoms with Crippen molar-refractivity contribution in [2.45, 2.75) is 56.7 Å². The van der Waals surface area contributed by atoms with E-state index in [4.69, 9.17) is 18.9 Å². The summed E-state index contributed by atoms with van der Waals surface area (Å²) in [5, 5.41) is 0. The van der Waals surface area contributed by atoms with Gasteiger partial charge in [-0.3, -0.25) is 9.59 Å². The van der Waals surface area contributed by atoms with Crippen molar-refractivity contribution in [3.8, 4) is 0 Å². The van der Waals surface area contributed by atoms with Crippen LogP contribution in [0.1, 0.15) is 26.7 Å². The second-order valence-electron chi connectivity index (χ2n) is 6.40. The smallest absolute Gasteiger partial charge is 0.330 e. The fourth-order valence-electron chi connectivity index (χ4n) is 3.27. The molecule has 0 saturated carbocycles. The Morgan fingerprint density at radius 2 is 2.14 bits per heavy atom. The minimum atomic E-state index is -1.00. The molecule has 7 nitrogen and oxygen atoms in total. The van der Waals surface area contributed by atoms with Gasteiger partial charge in [0.2, 0.25) is 0 Å². The zero-order valence-corrected chi connectivity index (χ0v) is 12.4. The van der Waals surface area contributed by atoms with E-state index in [1.807, 2.05) is 0 Å². The fraction of sp³-hybridized carbons (Fsp3) is 0.667. The normalized spacial score (nSPS) is 35.2. The molecule has 120 valence electrons. The Labute approximate surface area is 127 Å². The minimum absolute atomic E-state index is 0.107. The zero-order chi connectivity index (χ0) is 16.1. The molecule has 3 aliphatic heterocycles. The van der Waals surface area contributed by atoms with Gasteiger partial charge in [0, 0.05) is 6.08 Å². The summed E-state index contributed by atoms with van der Waals surface area (Å²) in [6, 6.07) is 0. The van der Waals surface area contributed by atoms with Crippen LogP contribution in [0.5, 0.6) is 0 Å². The molecule has 0 N–H and O–H groups in total. The van der Waals surface area contributed by atoms with E-state index in [0.717, 1.165) is 6.08 Å². The Morgan fingerprint density at radius 1 is 1.41 bits per heavy atom. The first-order valence-corrected chi connectivity index (χ1v) is 7.21. The van der Waals surface area contributed by atoms with Crippen LogP contribution in [0.2, 0.25) is 0 Å². The highest BCUT2D eigenvalue weighted by Crippen LogP contribution is 2.47. The molecule has 0 aromatic rings. The van der Waals surface area contributed by atoms with Crippen LogP contribution < -0.4 is 0 Å². The summed E-state index contributed by atoms with van der Waals surface area (Å²) in [5.74, 6) is -1.64. The summed E-state index contributed by atoms with van der Waals surface area (Å²) < 4.78 is 21.4. The molecule has 2 bridgehead atoms. The lowest BCUT2D eigenvalue weighted by Crippen LogP contribution is -2.41. The second kappa shape index (κ2) is 5.08. The highest BCUT2D eigenvalue weighted by atomic mass is 16.7. The molecule has 3 heterocycles. The van der Waals surface area contributed by atoms with E-state index in [-0.39, 0.29) is 30.5 Å². The van der Waals surface area contributed by atoms with Gasteiger partial charge in [-0.2, -0.15) is 0 Å². The van der Waals surface area contributed by atoms with Crippen LogP contribution in [0.25, 0.3) is 0 Å². The standard InChI is InChI=1S/C15H18O7/c1-4-9(16)22-15(2,3)6-10(17)20-12-8-5-7-11(19-8)13(12)21-14(7)18/h4,7-8,11-13H,1,5-6H2,2-3H3. The molecule has 5 atom stereocenters. The quantitative estimate of drug-likeness (QED) is 0.415. The van der Waals surface area contributed by atoms with Crippen molar-refractivity contribution in [2.75, 3.05) is 0 Å². The topological polar surface area (TPSA) is 88.1 Å². The number of carbonyl (C=O) groups is 3. The molecule has 0 aromatic heterocycles. The summed E-state index contributed by atoms with van der Waals surface area (Å²) in [4.78, 5) is 34.9. The van der Waals surface area contributed by atoms with Crippen LogP contribution >= 0.6 is 0 Å². The molecule has 3 aliphatic rings. The van der Waals surface area contributed by atoms with Gasteiger partial charge in [-0.15, -0.1) is 0 Å². The molecule has 22 heavy (non-hydrogen) atoms. The van der Waals surface area contributed by atoms with Gasteiger partial charge < -0.3 is 18.9 Å². The molecule has 0 spiro atoms. The van der Waals surface area contributed by atoms with Gasteiger partial charge in [0.1, 0.15) is 11.7 Å². The molecule has 3 saturated heterocycles. The van der Waals surface area contributed by atoms with Gasteiger partial charge in [-0.1, -0.05) is 6.58 Å². The van der Waals surface area contributed by atoms with Crippen LogP contribution in [0.4, 0.5) is 0 Å². The Hall–Kier alpha value is -1.89. The lowest BCUT2D eigenvalue weighted by Gasteiger charge is -2.26. The summed E-state index contributed by atoms with van der Waals surface area (Å²) >= 11 is 0. The number of esters is 3. The van der Waals surface area contributed by atoms with Crippen molar-refractivity contribution >= 4 is 17.9 Å². The molecule has 3 fully saturated rings. The average molecular weight is 310 g/mol. The molecule has 3 rings (SSSR count). The van der Waals surface area contributed by atoms with E-state index in [0.29, 0.717) is 6.42 Å². The Kier molecular flexibility index (Phi) is 3.47. The van der Waals surface area contributed by atoms with E-state index in [1.54, 1.807) is 13.8 Å². The van der Waals surface area contributed by atoms with Gasteiger partial charge in [-0.05, 0) is 20.3 Å². The van der Waals surface area contributed by atoms with Gasteiger partial charge in [0.05, 0.1) is 18.4 Å². The maximum atomic E-state index is 12.1. The summed E-state index contributed by atoms with van der Waals surface area (Å²) in [7, 11) is 0. The van der Waals surface area contributed by atoms with Gasteiger partial charge in [-0.25, -0.2) is 4.79 Å². The first-order chi connectivity index (χ1) is 10.3. The van der Waals surface area contributed by atoms with Crippen molar-refractivity contribution in [3.05, 3.63) is 12.7 Å². The number of ether oxygens (including phenoxy) is 4.